The molecule has 0 bridgehead atoms. The molecule has 11 rings (SSSR count). The molecule has 7 aromatic carbocycles. The summed E-state index contributed by atoms with van der Waals surface area (Å²) in [5, 5.41) is 5.13. The van der Waals surface area contributed by atoms with Crippen LogP contribution in [-0.2, 0) is 0 Å². The van der Waals surface area contributed by atoms with Gasteiger partial charge in [-0.1, -0.05) is 127 Å². The van der Waals surface area contributed by atoms with Crippen molar-refractivity contribution in [2.45, 2.75) is 12.8 Å². The summed E-state index contributed by atoms with van der Waals surface area (Å²) in [5.41, 5.74) is 17.6. The third-order valence-electron chi connectivity index (χ3n) is 10.9. The quantitative estimate of drug-likeness (QED) is 0.183. The second-order valence-electron chi connectivity index (χ2n) is 13.6. The first kappa shape index (κ1) is 27.6. The van der Waals surface area contributed by atoms with Crippen molar-refractivity contribution in [1.82, 2.24) is 9.13 Å². The molecular formula is C48H32N2. The van der Waals surface area contributed by atoms with Gasteiger partial charge in [0.25, 0.3) is 0 Å². The largest absolute Gasteiger partial charge is 0.309 e. The van der Waals surface area contributed by atoms with Gasteiger partial charge < -0.3 is 9.13 Å². The topological polar surface area (TPSA) is 9.86 Å². The summed E-state index contributed by atoms with van der Waals surface area (Å²) in [6, 6.07) is 56.4. The summed E-state index contributed by atoms with van der Waals surface area (Å²) in [6.07, 6.45) is 8.88. The Kier molecular flexibility index (Phi) is 5.82. The van der Waals surface area contributed by atoms with E-state index < -0.39 is 0 Å². The molecule has 0 radical (unpaired) electrons. The van der Waals surface area contributed by atoms with Gasteiger partial charge >= 0.3 is 0 Å². The zero-order valence-electron chi connectivity index (χ0n) is 27.5. The van der Waals surface area contributed by atoms with Crippen molar-refractivity contribution in [3.05, 3.63) is 175 Å². The predicted octanol–water partition coefficient (Wildman–Crippen LogP) is 12.9. The van der Waals surface area contributed by atoms with Crippen LogP contribution in [0.5, 0.6) is 0 Å². The van der Waals surface area contributed by atoms with Gasteiger partial charge in [0.15, 0.2) is 0 Å². The molecule has 0 amide bonds. The van der Waals surface area contributed by atoms with Gasteiger partial charge in [0.05, 0.1) is 27.8 Å². The van der Waals surface area contributed by atoms with Crippen LogP contribution in [0.1, 0.15) is 18.4 Å². The Bertz CT molecular complexity index is 2910. The molecule has 234 valence electrons. The zero-order chi connectivity index (χ0) is 32.8. The first-order valence-electron chi connectivity index (χ1n) is 17.6. The van der Waals surface area contributed by atoms with Gasteiger partial charge in [-0.15, -0.1) is 0 Å². The lowest BCUT2D eigenvalue weighted by Gasteiger charge is -2.17. The number of para-hydroxylation sites is 3. The molecule has 2 aromatic heterocycles. The van der Waals surface area contributed by atoms with E-state index >= 15 is 0 Å². The fourth-order valence-electron chi connectivity index (χ4n) is 8.77. The minimum atomic E-state index is 1.05. The number of rotatable bonds is 3. The molecule has 2 heteroatoms. The highest BCUT2D eigenvalue weighted by molar-refractivity contribution is 6.22. The lowest BCUT2D eigenvalue weighted by Crippen LogP contribution is -1.99. The number of hydrogen-bond acceptors (Lipinski definition) is 0. The van der Waals surface area contributed by atoms with Crippen molar-refractivity contribution in [3.63, 3.8) is 0 Å². The molecule has 0 unspecified atom stereocenters. The average Bonchev–Trinajstić information content (AvgIpc) is 3.67. The van der Waals surface area contributed by atoms with E-state index in [0.717, 1.165) is 12.8 Å². The van der Waals surface area contributed by atoms with E-state index in [1.165, 1.54) is 99.5 Å². The Balaban J connectivity index is 1.29. The van der Waals surface area contributed by atoms with Gasteiger partial charge in [0.1, 0.15) is 0 Å². The van der Waals surface area contributed by atoms with Crippen molar-refractivity contribution < 1.29 is 0 Å². The molecule has 2 aliphatic rings. The molecule has 3 heterocycles. The van der Waals surface area contributed by atoms with Crippen molar-refractivity contribution in [2.75, 3.05) is 0 Å². The van der Waals surface area contributed by atoms with Crippen LogP contribution in [0.25, 0.3) is 93.9 Å². The predicted molar refractivity (Wildman–Crippen MR) is 211 cm³/mol. The smallest absolute Gasteiger partial charge is 0.0619 e. The van der Waals surface area contributed by atoms with E-state index in [2.05, 4.69) is 179 Å². The van der Waals surface area contributed by atoms with Crippen molar-refractivity contribution >= 4 is 49.2 Å². The highest BCUT2D eigenvalue weighted by atomic mass is 15.0. The summed E-state index contributed by atoms with van der Waals surface area (Å²) >= 11 is 0. The Morgan fingerprint density at radius 1 is 0.460 bits per heavy atom. The first-order chi connectivity index (χ1) is 24.8. The van der Waals surface area contributed by atoms with E-state index in [9.17, 15) is 0 Å². The monoisotopic (exact) mass is 636 g/mol. The van der Waals surface area contributed by atoms with E-state index in [1.54, 1.807) is 0 Å². The Morgan fingerprint density at radius 2 is 1.16 bits per heavy atom. The zero-order valence-corrected chi connectivity index (χ0v) is 27.5. The number of nitrogens with zero attached hydrogens (tertiary/aromatic N) is 2. The summed E-state index contributed by atoms with van der Waals surface area (Å²) < 4.78 is 5.03. The van der Waals surface area contributed by atoms with Crippen LogP contribution >= 0.6 is 0 Å². The van der Waals surface area contributed by atoms with Crippen LogP contribution in [0, 0.1) is 0 Å². The normalized spacial score (nSPS) is 13.5. The van der Waals surface area contributed by atoms with Crippen molar-refractivity contribution in [1.29, 1.82) is 0 Å². The van der Waals surface area contributed by atoms with E-state index in [1.807, 2.05) is 0 Å². The molecular weight excluding hydrogens is 605 g/mol. The number of allylic oxidation sites excluding steroid dienone is 4. The second kappa shape index (κ2) is 10.6. The standard InChI is InChI=1S/C48H32N2/c1-3-14-31(15-4-1)33-28-34(32-16-5-2-6-17-32)30-35(29-33)49-43-25-12-10-21-41(43)47-44(49)26-27-45-46(47)38-20-8-7-18-36(38)39-22-13-23-40-37-19-9-11-24-42(37)50(45)48(39)40/h1-5,7-16,18-30H,6,17H2. The molecule has 1 aliphatic carbocycles. The van der Waals surface area contributed by atoms with Gasteiger partial charge in [-0.3, -0.25) is 0 Å². The molecule has 2 nitrogen and oxygen atoms in total. The number of benzene rings is 7. The SMILES string of the molecule is C1=CCCC(c2cc(-c3ccccc3)cc(-n3c4ccccc4c4c5c(ccc43)-n3c4ccccc4c4cccc(c43)-c3ccccc3-5)c2)=C1. The lowest BCUT2D eigenvalue weighted by atomic mass is 9.91. The second-order valence-corrected chi connectivity index (χ2v) is 13.6. The fraction of sp³-hybridized carbons (Fsp3) is 0.0417. The van der Waals surface area contributed by atoms with Crippen LogP contribution < -0.4 is 0 Å². The summed E-state index contributed by atoms with van der Waals surface area (Å²) in [5.74, 6) is 0. The molecule has 0 N–H and O–H groups in total. The molecule has 50 heavy (non-hydrogen) atoms. The summed E-state index contributed by atoms with van der Waals surface area (Å²) in [6.45, 7) is 0. The first-order valence-corrected chi connectivity index (χ1v) is 17.6. The molecule has 9 aromatic rings. The number of fused-ring (bicyclic) bond motifs is 12. The molecule has 0 atom stereocenters. The summed E-state index contributed by atoms with van der Waals surface area (Å²) in [7, 11) is 0. The Labute approximate surface area is 290 Å². The molecule has 1 aliphatic heterocycles. The van der Waals surface area contributed by atoms with Crippen LogP contribution in [0.15, 0.2) is 170 Å². The van der Waals surface area contributed by atoms with Gasteiger partial charge in [-0.2, -0.15) is 0 Å². The Hall–Kier alpha value is -6.38. The maximum absolute atomic E-state index is 2.53. The van der Waals surface area contributed by atoms with E-state index in [4.69, 9.17) is 0 Å². The maximum atomic E-state index is 2.53. The van der Waals surface area contributed by atoms with Gasteiger partial charge in [0.2, 0.25) is 0 Å². The van der Waals surface area contributed by atoms with Crippen LogP contribution in [0.3, 0.4) is 0 Å². The van der Waals surface area contributed by atoms with Gasteiger partial charge in [0, 0.05) is 38.4 Å². The molecule has 0 spiro atoms. The third-order valence-corrected chi connectivity index (χ3v) is 10.9. The minimum Gasteiger partial charge on any atom is -0.309 e. The van der Waals surface area contributed by atoms with Crippen LogP contribution in [0.4, 0.5) is 0 Å². The summed E-state index contributed by atoms with van der Waals surface area (Å²) in [4.78, 5) is 0. The average molecular weight is 637 g/mol. The molecule has 0 saturated carbocycles. The van der Waals surface area contributed by atoms with Gasteiger partial charge in [-0.25, -0.2) is 0 Å². The fourth-order valence-corrected chi connectivity index (χ4v) is 8.77. The Morgan fingerprint density at radius 3 is 2.00 bits per heavy atom. The number of hydrogen-bond donors (Lipinski definition) is 0. The van der Waals surface area contributed by atoms with Crippen LogP contribution in [-0.4, -0.2) is 9.13 Å². The van der Waals surface area contributed by atoms with Crippen molar-refractivity contribution in [2.24, 2.45) is 0 Å². The van der Waals surface area contributed by atoms with E-state index in [0.29, 0.717) is 0 Å². The molecule has 0 fully saturated rings. The highest BCUT2D eigenvalue weighted by Gasteiger charge is 2.28. The van der Waals surface area contributed by atoms with E-state index in [-0.39, 0.29) is 0 Å². The maximum Gasteiger partial charge on any atom is 0.0619 e. The third kappa shape index (κ3) is 3.85. The molecule has 0 saturated heterocycles. The van der Waals surface area contributed by atoms with Crippen LogP contribution in [0.2, 0.25) is 0 Å². The van der Waals surface area contributed by atoms with Crippen molar-refractivity contribution in [3.8, 4) is 44.8 Å². The number of aromatic nitrogens is 2. The highest BCUT2D eigenvalue weighted by Crippen LogP contribution is 2.50. The minimum absolute atomic E-state index is 1.05. The lowest BCUT2D eigenvalue weighted by molar-refractivity contribution is 1.05. The van der Waals surface area contributed by atoms with Gasteiger partial charge in [-0.05, 0) is 88.7 Å².